The minimum atomic E-state index is -0.426. The van der Waals surface area contributed by atoms with E-state index in [9.17, 15) is 9.59 Å². The molecule has 2 aromatic heterocycles. The highest BCUT2D eigenvalue weighted by molar-refractivity contribution is 5.76. The normalized spacial score (nSPS) is 11.0. The number of nitrogens with zero attached hydrogens (tertiary/aromatic N) is 4. The first-order chi connectivity index (χ1) is 13.7. The van der Waals surface area contributed by atoms with E-state index < -0.39 is 5.69 Å². The zero-order chi connectivity index (χ0) is 19.5. The number of ether oxygens (including phenoxy) is 1. The van der Waals surface area contributed by atoms with E-state index in [1.165, 1.54) is 4.57 Å². The van der Waals surface area contributed by atoms with Gasteiger partial charge in [0.15, 0.2) is 0 Å². The molecular formula is C20H19N5O3. The van der Waals surface area contributed by atoms with Crippen LogP contribution in [0.3, 0.4) is 0 Å². The van der Waals surface area contributed by atoms with Crippen molar-refractivity contribution in [3.63, 3.8) is 0 Å². The van der Waals surface area contributed by atoms with Gasteiger partial charge in [-0.15, -0.1) is 5.10 Å². The minimum Gasteiger partial charge on any atom is -0.496 e. The summed E-state index contributed by atoms with van der Waals surface area (Å²) in [5, 5.41) is 8.77. The molecule has 4 aromatic rings. The lowest BCUT2D eigenvalue weighted by atomic mass is 10.2. The minimum absolute atomic E-state index is 0.229. The van der Waals surface area contributed by atoms with E-state index in [1.54, 1.807) is 36.1 Å². The van der Waals surface area contributed by atoms with E-state index in [-0.39, 0.29) is 12.1 Å². The van der Waals surface area contributed by atoms with Crippen LogP contribution in [0.15, 0.2) is 64.3 Å². The highest BCUT2D eigenvalue weighted by Crippen LogP contribution is 2.18. The summed E-state index contributed by atoms with van der Waals surface area (Å²) in [5.41, 5.74) is 1.50. The second-order valence-electron chi connectivity index (χ2n) is 6.40. The Bertz CT molecular complexity index is 1240. The van der Waals surface area contributed by atoms with Crippen LogP contribution in [0.25, 0.3) is 10.9 Å². The number of benzene rings is 2. The van der Waals surface area contributed by atoms with Crippen LogP contribution in [0.2, 0.25) is 0 Å². The summed E-state index contributed by atoms with van der Waals surface area (Å²) >= 11 is 0. The van der Waals surface area contributed by atoms with Gasteiger partial charge in [-0.2, -0.15) is 0 Å². The summed E-state index contributed by atoms with van der Waals surface area (Å²) in [6.07, 6.45) is 2.24. The van der Waals surface area contributed by atoms with Crippen LogP contribution in [0.5, 0.6) is 5.75 Å². The monoisotopic (exact) mass is 377 g/mol. The van der Waals surface area contributed by atoms with Gasteiger partial charge in [-0.05, 0) is 18.2 Å². The smallest absolute Gasteiger partial charge is 0.328 e. The molecule has 28 heavy (non-hydrogen) atoms. The van der Waals surface area contributed by atoms with Crippen molar-refractivity contribution >= 4 is 10.9 Å². The number of aryl methyl sites for hydroxylation is 1. The SMILES string of the molecule is COc1ccccc1Cn1cc(CCn2c(=O)[nH]c3ccccc3c2=O)nn1. The highest BCUT2D eigenvalue weighted by atomic mass is 16.5. The van der Waals surface area contributed by atoms with Crippen molar-refractivity contribution in [2.45, 2.75) is 19.5 Å². The maximum absolute atomic E-state index is 12.6. The van der Waals surface area contributed by atoms with Crippen LogP contribution in [0.1, 0.15) is 11.3 Å². The molecule has 2 heterocycles. The summed E-state index contributed by atoms with van der Waals surface area (Å²) in [4.78, 5) is 27.6. The zero-order valence-corrected chi connectivity index (χ0v) is 15.3. The average molecular weight is 377 g/mol. The van der Waals surface area contributed by atoms with E-state index in [2.05, 4.69) is 15.3 Å². The standard InChI is InChI=1S/C20H19N5O3/c1-28-18-9-5-2-6-14(18)12-24-13-15(22-23-24)10-11-25-19(26)16-7-3-4-8-17(16)21-20(25)27/h2-9,13H,10-12H2,1H3,(H,21,27). The number of fused-ring (bicyclic) bond motifs is 1. The third kappa shape index (κ3) is 3.44. The molecule has 0 atom stereocenters. The molecular weight excluding hydrogens is 358 g/mol. The lowest BCUT2D eigenvalue weighted by Gasteiger charge is -2.07. The van der Waals surface area contributed by atoms with Crippen LogP contribution in [0.4, 0.5) is 0 Å². The lowest BCUT2D eigenvalue weighted by molar-refractivity contribution is 0.407. The summed E-state index contributed by atoms with van der Waals surface area (Å²) in [6.45, 7) is 0.750. The molecule has 0 fully saturated rings. The molecule has 4 rings (SSSR count). The van der Waals surface area contributed by atoms with E-state index in [0.29, 0.717) is 29.6 Å². The number of methoxy groups -OCH3 is 1. The first-order valence-electron chi connectivity index (χ1n) is 8.88. The van der Waals surface area contributed by atoms with Crippen molar-refractivity contribution in [3.8, 4) is 5.75 Å². The fourth-order valence-corrected chi connectivity index (χ4v) is 3.17. The van der Waals surface area contributed by atoms with Crippen molar-refractivity contribution in [1.82, 2.24) is 24.5 Å². The number of para-hydroxylation sites is 2. The predicted octanol–water partition coefficient (Wildman–Crippen LogP) is 1.58. The fraction of sp³-hybridized carbons (Fsp3) is 0.200. The Morgan fingerprint density at radius 1 is 1.07 bits per heavy atom. The molecule has 0 radical (unpaired) electrons. The highest BCUT2D eigenvalue weighted by Gasteiger charge is 2.09. The number of rotatable bonds is 6. The Hall–Kier alpha value is -3.68. The van der Waals surface area contributed by atoms with Gasteiger partial charge in [0.2, 0.25) is 0 Å². The predicted molar refractivity (Wildman–Crippen MR) is 105 cm³/mol. The molecule has 0 unspecified atom stereocenters. The Morgan fingerprint density at radius 2 is 1.86 bits per heavy atom. The van der Waals surface area contributed by atoms with Gasteiger partial charge >= 0.3 is 5.69 Å². The van der Waals surface area contributed by atoms with Crippen molar-refractivity contribution in [3.05, 3.63) is 86.8 Å². The molecule has 8 nitrogen and oxygen atoms in total. The topological polar surface area (TPSA) is 94.8 Å². The maximum Gasteiger partial charge on any atom is 0.328 e. The molecule has 0 aliphatic rings. The van der Waals surface area contributed by atoms with Crippen molar-refractivity contribution in [2.75, 3.05) is 7.11 Å². The van der Waals surface area contributed by atoms with Gasteiger partial charge in [-0.3, -0.25) is 9.36 Å². The molecule has 0 aliphatic carbocycles. The summed E-state index contributed by atoms with van der Waals surface area (Å²) < 4.78 is 8.26. The average Bonchev–Trinajstić information content (AvgIpc) is 3.15. The Morgan fingerprint density at radius 3 is 2.71 bits per heavy atom. The van der Waals surface area contributed by atoms with Gasteiger partial charge in [-0.25, -0.2) is 9.48 Å². The van der Waals surface area contributed by atoms with Crippen LogP contribution in [-0.2, 0) is 19.5 Å². The zero-order valence-electron chi connectivity index (χ0n) is 15.3. The molecule has 0 saturated heterocycles. The lowest BCUT2D eigenvalue weighted by Crippen LogP contribution is -2.35. The Labute approximate surface area is 160 Å². The van der Waals surface area contributed by atoms with E-state index in [1.807, 2.05) is 30.5 Å². The summed E-state index contributed by atoms with van der Waals surface area (Å²) in [6, 6.07) is 14.7. The molecule has 1 N–H and O–H groups in total. The van der Waals surface area contributed by atoms with Crippen LogP contribution in [0, 0.1) is 0 Å². The molecule has 0 bridgehead atoms. The van der Waals surface area contributed by atoms with Gasteiger partial charge < -0.3 is 9.72 Å². The van der Waals surface area contributed by atoms with Crippen LogP contribution in [-0.4, -0.2) is 31.7 Å². The number of hydrogen-bond acceptors (Lipinski definition) is 5. The molecule has 0 saturated carbocycles. The summed E-state index contributed by atoms with van der Waals surface area (Å²) in [7, 11) is 1.63. The van der Waals surface area contributed by atoms with Gasteiger partial charge in [0.25, 0.3) is 5.56 Å². The third-order valence-electron chi connectivity index (χ3n) is 4.59. The molecule has 8 heteroatoms. The second-order valence-corrected chi connectivity index (χ2v) is 6.40. The number of H-pyrrole nitrogens is 1. The first kappa shape index (κ1) is 17.7. The third-order valence-corrected chi connectivity index (χ3v) is 4.59. The summed E-state index contributed by atoms with van der Waals surface area (Å²) in [5.74, 6) is 0.786. The van der Waals surface area contributed by atoms with Gasteiger partial charge in [0, 0.05) is 24.7 Å². The number of aromatic nitrogens is 5. The molecule has 0 amide bonds. The van der Waals surface area contributed by atoms with Crippen molar-refractivity contribution in [2.24, 2.45) is 0 Å². The molecule has 0 spiro atoms. The fourth-order valence-electron chi connectivity index (χ4n) is 3.17. The van der Waals surface area contributed by atoms with E-state index in [4.69, 9.17) is 4.74 Å². The van der Waals surface area contributed by atoms with Crippen molar-refractivity contribution in [1.29, 1.82) is 0 Å². The van der Waals surface area contributed by atoms with Gasteiger partial charge in [0.05, 0.1) is 30.3 Å². The quantitative estimate of drug-likeness (QED) is 0.550. The number of nitrogens with one attached hydrogen (secondary N) is 1. The molecule has 0 aliphatic heterocycles. The molecule has 2 aromatic carbocycles. The van der Waals surface area contributed by atoms with Crippen LogP contribution < -0.4 is 16.0 Å². The maximum atomic E-state index is 12.6. The second kappa shape index (κ2) is 7.51. The Balaban J connectivity index is 1.52. The number of hydrogen-bond donors (Lipinski definition) is 1. The van der Waals surface area contributed by atoms with Crippen LogP contribution >= 0.6 is 0 Å². The Kier molecular flexibility index (Phi) is 4.76. The first-order valence-corrected chi connectivity index (χ1v) is 8.88. The number of aromatic amines is 1. The van der Waals surface area contributed by atoms with Gasteiger partial charge in [0.1, 0.15) is 5.75 Å². The molecule has 142 valence electrons. The van der Waals surface area contributed by atoms with E-state index in [0.717, 1.165) is 11.3 Å². The van der Waals surface area contributed by atoms with Gasteiger partial charge in [-0.1, -0.05) is 35.5 Å². The van der Waals surface area contributed by atoms with Crippen molar-refractivity contribution < 1.29 is 4.74 Å². The largest absolute Gasteiger partial charge is 0.496 e. The van der Waals surface area contributed by atoms with E-state index >= 15 is 0 Å².